The fraction of sp³-hybridized carbons (Fsp3) is 0.375. The highest BCUT2D eigenvalue weighted by molar-refractivity contribution is 6.30. The molecule has 32 heavy (non-hydrogen) atoms. The van der Waals surface area contributed by atoms with Crippen molar-refractivity contribution in [1.82, 2.24) is 5.32 Å². The molecule has 0 aromatic heterocycles. The van der Waals surface area contributed by atoms with E-state index in [2.05, 4.69) is 5.32 Å². The van der Waals surface area contributed by atoms with Crippen LogP contribution in [0.2, 0.25) is 5.02 Å². The number of ether oxygens (including phenoxy) is 2. The van der Waals surface area contributed by atoms with Crippen molar-refractivity contribution >= 4 is 29.6 Å². The minimum Gasteiger partial charge on any atom is -0.434 e. The largest absolute Gasteiger partial charge is 0.516 e. The summed E-state index contributed by atoms with van der Waals surface area (Å²) in [6, 6.07) is 11.3. The van der Waals surface area contributed by atoms with E-state index in [4.69, 9.17) is 21.1 Å². The Labute approximate surface area is 191 Å². The first-order valence-electron chi connectivity index (χ1n) is 10.3. The predicted molar refractivity (Wildman–Crippen MR) is 117 cm³/mol. The van der Waals surface area contributed by atoms with Crippen LogP contribution < -0.4 is 5.32 Å². The topological polar surface area (TPSA) is 81.7 Å². The van der Waals surface area contributed by atoms with Gasteiger partial charge in [0.1, 0.15) is 11.2 Å². The second kappa shape index (κ2) is 9.69. The Bertz CT molecular complexity index is 1020. The maximum Gasteiger partial charge on any atom is 0.516 e. The van der Waals surface area contributed by atoms with E-state index in [1.54, 1.807) is 18.2 Å². The summed E-state index contributed by atoms with van der Waals surface area (Å²) in [4.78, 5) is 36.6. The molecular weight excluding hydrogens is 437 g/mol. The number of esters is 1. The molecule has 0 spiro atoms. The van der Waals surface area contributed by atoms with Gasteiger partial charge in [0.15, 0.2) is 0 Å². The molecule has 8 heteroatoms. The number of hydrogen-bond acceptors (Lipinski definition) is 5. The van der Waals surface area contributed by atoms with Gasteiger partial charge in [-0.25, -0.2) is 9.18 Å². The molecule has 1 N–H and O–H groups in total. The van der Waals surface area contributed by atoms with Crippen molar-refractivity contribution in [2.75, 3.05) is 6.61 Å². The second-order valence-corrected chi connectivity index (χ2v) is 9.01. The van der Waals surface area contributed by atoms with Gasteiger partial charge in [-0.1, -0.05) is 49.7 Å². The summed E-state index contributed by atoms with van der Waals surface area (Å²) in [6.07, 6.45) is -0.470. The maximum atomic E-state index is 14.1. The summed E-state index contributed by atoms with van der Waals surface area (Å²) >= 11 is 5.97. The lowest BCUT2D eigenvalue weighted by Gasteiger charge is -2.18. The summed E-state index contributed by atoms with van der Waals surface area (Å²) in [5.74, 6) is -1.71. The Morgan fingerprint density at radius 3 is 2.56 bits per heavy atom. The fourth-order valence-electron chi connectivity index (χ4n) is 3.56. The minimum absolute atomic E-state index is 0.0918. The van der Waals surface area contributed by atoms with Crippen LogP contribution in [0.25, 0.3) is 11.1 Å². The smallest absolute Gasteiger partial charge is 0.434 e. The molecular formula is C24H25ClFNO5. The highest BCUT2D eigenvalue weighted by Crippen LogP contribution is 2.33. The Morgan fingerprint density at radius 2 is 1.91 bits per heavy atom. The summed E-state index contributed by atoms with van der Waals surface area (Å²) in [6.45, 7) is 5.27. The average Bonchev–Trinajstić information content (AvgIpc) is 3.03. The first kappa shape index (κ1) is 23.7. The monoisotopic (exact) mass is 461 g/mol. The second-order valence-electron chi connectivity index (χ2n) is 8.58. The lowest BCUT2D eigenvalue weighted by molar-refractivity contribution is -0.154. The zero-order chi connectivity index (χ0) is 23.5. The van der Waals surface area contributed by atoms with Gasteiger partial charge in [0.25, 0.3) is 0 Å². The van der Waals surface area contributed by atoms with Gasteiger partial charge in [0.2, 0.25) is 5.91 Å². The molecule has 1 fully saturated rings. The molecule has 2 aromatic carbocycles. The molecule has 1 aliphatic rings. The SMILES string of the molecule is CC(C)COC(=O)OC(=O)[C@]1(C)C[C@@H](Cc2ccc(-c3cc(Cl)ccc3F)cc2)NC1=O. The molecule has 1 saturated heterocycles. The van der Waals surface area contributed by atoms with Gasteiger partial charge in [0.05, 0.1) is 6.61 Å². The van der Waals surface area contributed by atoms with Crippen molar-refractivity contribution in [3.05, 3.63) is 58.9 Å². The van der Waals surface area contributed by atoms with Crippen LogP contribution >= 0.6 is 11.6 Å². The maximum absolute atomic E-state index is 14.1. The lowest BCUT2D eigenvalue weighted by Crippen LogP contribution is -2.38. The van der Waals surface area contributed by atoms with Crippen LogP contribution in [0.4, 0.5) is 9.18 Å². The molecule has 1 amide bonds. The predicted octanol–water partition coefficient (Wildman–Crippen LogP) is 4.92. The number of benzene rings is 2. The molecule has 6 nitrogen and oxygen atoms in total. The van der Waals surface area contributed by atoms with Crippen LogP contribution in [-0.2, 0) is 25.5 Å². The number of nitrogens with one attached hydrogen (secondary N) is 1. The average molecular weight is 462 g/mol. The van der Waals surface area contributed by atoms with Crippen molar-refractivity contribution in [3.63, 3.8) is 0 Å². The number of halogens is 2. The third kappa shape index (κ3) is 5.46. The minimum atomic E-state index is -1.48. The van der Waals surface area contributed by atoms with E-state index in [1.165, 1.54) is 19.1 Å². The molecule has 1 heterocycles. The van der Waals surface area contributed by atoms with E-state index in [-0.39, 0.29) is 30.8 Å². The molecule has 2 aromatic rings. The highest BCUT2D eigenvalue weighted by atomic mass is 35.5. The van der Waals surface area contributed by atoms with Crippen LogP contribution in [0.1, 0.15) is 32.8 Å². The van der Waals surface area contributed by atoms with Gasteiger partial charge in [0, 0.05) is 16.6 Å². The van der Waals surface area contributed by atoms with Gasteiger partial charge in [-0.3, -0.25) is 9.59 Å². The number of rotatable bonds is 6. The van der Waals surface area contributed by atoms with Crippen LogP contribution in [0.3, 0.4) is 0 Å². The number of hydrogen-bond donors (Lipinski definition) is 1. The van der Waals surface area contributed by atoms with Crippen molar-refractivity contribution in [2.45, 2.75) is 39.7 Å². The first-order valence-corrected chi connectivity index (χ1v) is 10.7. The molecule has 170 valence electrons. The van der Waals surface area contributed by atoms with Gasteiger partial charge in [-0.05, 0) is 55.0 Å². The summed E-state index contributed by atoms with van der Waals surface area (Å²) < 4.78 is 23.7. The van der Waals surface area contributed by atoms with Crippen LogP contribution in [0.5, 0.6) is 0 Å². The molecule has 0 aliphatic carbocycles. The van der Waals surface area contributed by atoms with Crippen molar-refractivity contribution < 1.29 is 28.2 Å². The van der Waals surface area contributed by atoms with E-state index >= 15 is 0 Å². The molecule has 0 bridgehead atoms. The highest BCUT2D eigenvalue weighted by Gasteiger charge is 2.51. The summed E-state index contributed by atoms with van der Waals surface area (Å²) in [5.41, 5.74) is 0.497. The quantitative estimate of drug-likeness (QED) is 0.487. The number of carbonyl (C=O) groups is 3. The van der Waals surface area contributed by atoms with Crippen LogP contribution in [0.15, 0.2) is 42.5 Å². The van der Waals surface area contributed by atoms with E-state index in [0.29, 0.717) is 22.6 Å². The Hall–Kier alpha value is -2.93. The van der Waals surface area contributed by atoms with Crippen LogP contribution in [-0.4, -0.2) is 30.7 Å². The molecule has 0 unspecified atom stereocenters. The Kier molecular flexibility index (Phi) is 7.19. The Morgan fingerprint density at radius 1 is 1.22 bits per heavy atom. The van der Waals surface area contributed by atoms with E-state index in [1.807, 2.05) is 26.0 Å². The zero-order valence-corrected chi connectivity index (χ0v) is 18.9. The van der Waals surface area contributed by atoms with Gasteiger partial charge in [-0.15, -0.1) is 0 Å². The fourth-order valence-corrected chi connectivity index (χ4v) is 3.73. The molecule has 1 aliphatic heterocycles. The third-order valence-corrected chi connectivity index (χ3v) is 5.56. The third-order valence-electron chi connectivity index (χ3n) is 5.33. The number of carbonyl (C=O) groups excluding carboxylic acids is 3. The van der Waals surface area contributed by atoms with Crippen molar-refractivity contribution in [2.24, 2.45) is 11.3 Å². The molecule has 3 rings (SSSR count). The van der Waals surface area contributed by atoms with E-state index < -0.39 is 23.4 Å². The van der Waals surface area contributed by atoms with Gasteiger partial charge < -0.3 is 14.8 Å². The van der Waals surface area contributed by atoms with Gasteiger partial charge in [-0.2, -0.15) is 0 Å². The van der Waals surface area contributed by atoms with E-state index in [9.17, 15) is 18.8 Å². The van der Waals surface area contributed by atoms with Crippen molar-refractivity contribution in [3.8, 4) is 11.1 Å². The molecule has 0 saturated carbocycles. The summed E-state index contributed by atoms with van der Waals surface area (Å²) in [5, 5.41) is 3.23. The lowest BCUT2D eigenvalue weighted by atomic mass is 9.86. The van der Waals surface area contributed by atoms with Crippen molar-refractivity contribution in [1.29, 1.82) is 0 Å². The summed E-state index contributed by atoms with van der Waals surface area (Å²) in [7, 11) is 0. The molecule has 0 radical (unpaired) electrons. The standard InChI is InChI=1S/C24H25ClFNO5/c1-14(2)13-31-23(30)32-22(29)24(3)12-18(27-21(24)28)10-15-4-6-16(7-5-15)19-11-17(25)8-9-20(19)26/h4-9,11,14,18H,10,12-13H2,1-3H3,(H,27,28)/t18-,24-/m1/s1. The first-order chi connectivity index (χ1) is 15.1. The number of amides is 1. The zero-order valence-electron chi connectivity index (χ0n) is 18.1. The van der Waals surface area contributed by atoms with Crippen LogP contribution in [0, 0.1) is 17.2 Å². The normalized spacial score (nSPS) is 20.2. The van der Waals surface area contributed by atoms with E-state index in [0.717, 1.165) is 5.56 Å². The Balaban J connectivity index is 1.63. The molecule has 2 atom stereocenters. The van der Waals surface area contributed by atoms with Gasteiger partial charge >= 0.3 is 12.1 Å².